The third-order valence-corrected chi connectivity index (χ3v) is 5.29. The maximum atomic E-state index is 5.36. The van der Waals surface area contributed by atoms with Crippen molar-refractivity contribution in [2.45, 2.75) is 13.0 Å². The maximum Gasteiger partial charge on any atom is 0.128 e. The maximum absolute atomic E-state index is 5.36. The predicted molar refractivity (Wildman–Crippen MR) is 91.3 cm³/mol. The Morgan fingerprint density at radius 2 is 2.10 bits per heavy atom. The molecule has 0 amide bonds. The zero-order valence-electron chi connectivity index (χ0n) is 11.9. The van der Waals surface area contributed by atoms with Gasteiger partial charge >= 0.3 is 0 Å². The van der Waals surface area contributed by atoms with Crippen LogP contribution in [0.5, 0.6) is 0 Å². The summed E-state index contributed by atoms with van der Waals surface area (Å²) in [7, 11) is 0. The van der Waals surface area contributed by atoms with Gasteiger partial charge in [-0.2, -0.15) is 0 Å². The van der Waals surface area contributed by atoms with E-state index in [0.717, 1.165) is 41.6 Å². The summed E-state index contributed by atoms with van der Waals surface area (Å²) < 4.78 is 6.52. The summed E-state index contributed by atoms with van der Waals surface area (Å²) in [6.45, 7) is 5.56. The van der Waals surface area contributed by atoms with Gasteiger partial charge < -0.3 is 15.0 Å². The predicted octanol–water partition coefficient (Wildman–Crippen LogP) is 3.92. The molecule has 112 valence electrons. The third-order valence-electron chi connectivity index (χ3n) is 3.49. The van der Waals surface area contributed by atoms with Crippen molar-refractivity contribution in [3.8, 4) is 0 Å². The van der Waals surface area contributed by atoms with Crippen molar-refractivity contribution in [2.24, 2.45) is 0 Å². The van der Waals surface area contributed by atoms with Crippen LogP contribution in [0.3, 0.4) is 0 Å². The number of halogens is 1. The van der Waals surface area contributed by atoms with E-state index >= 15 is 0 Å². The van der Waals surface area contributed by atoms with Gasteiger partial charge in [0.25, 0.3) is 0 Å². The Kier molecular flexibility index (Phi) is 4.77. The molecular formula is C15H18BrN3OS. The number of nitrogens with one attached hydrogen (secondary N) is 1. The quantitative estimate of drug-likeness (QED) is 0.888. The molecule has 3 rings (SSSR count). The molecule has 4 nitrogen and oxygen atoms in total. The largest absolute Gasteiger partial charge is 0.378 e. The summed E-state index contributed by atoms with van der Waals surface area (Å²) in [5, 5.41) is 3.49. The Labute approximate surface area is 137 Å². The number of ether oxygens (including phenoxy) is 1. The highest BCUT2D eigenvalue weighted by Crippen LogP contribution is 2.29. The first-order valence-corrected chi connectivity index (χ1v) is 8.64. The van der Waals surface area contributed by atoms with Crippen molar-refractivity contribution in [3.05, 3.63) is 39.1 Å². The summed E-state index contributed by atoms with van der Waals surface area (Å²) in [5.41, 5.74) is 1.05. The van der Waals surface area contributed by atoms with Crippen LogP contribution in [0.25, 0.3) is 0 Å². The molecule has 0 aliphatic carbocycles. The molecule has 0 aromatic carbocycles. The van der Waals surface area contributed by atoms with E-state index in [0.29, 0.717) is 0 Å². The molecule has 0 radical (unpaired) electrons. The van der Waals surface area contributed by atoms with Crippen LogP contribution in [-0.4, -0.2) is 31.3 Å². The number of hydrogen-bond acceptors (Lipinski definition) is 5. The standard InChI is InChI=1S/C15H18BrN3OS/c1-11(13-3-4-14(16)21-13)18-12-2-5-15(17-10-12)19-6-8-20-9-7-19/h2-5,10-11,18H,6-9H2,1H3. The molecule has 1 N–H and O–H groups in total. The van der Waals surface area contributed by atoms with Crippen LogP contribution < -0.4 is 10.2 Å². The highest BCUT2D eigenvalue weighted by Gasteiger charge is 2.13. The first-order chi connectivity index (χ1) is 10.2. The van der Waals surface area contributed by atoms with E-state index in [1.165, 1.54) is 4.88 Å². The Morgan fingerprint density at radius 1 is 1.29 bits per heavy atom. The number of thiophene rings is 1. The third kappa shape index (κ3) is 3.75. The SMILES string of the molecule is CC(Nc1ccc(N2CCOCC2)nc1)c1ccc(Br)s1. The number of morpholine rings is 1. The second-order valence-electron chi connectivity index (χ2n) is 5.01. The molecule has 2 aromatic rings. The Bertz CT molecular complexity index is 581. The molecule has 1 saturated heterocycles. The molecule has 21 heavy (non-hydrogen) atoms. The molecule has 0 bridgehead atoms. The van der Waals surface area contributed by atoms with E-state index in [9.17, 15) is 0 Å². The normalized spacial score (nSPS) is 16.8. The minimum absolute atomic E-state index is 0.275. The van der Waals surface area contributed by atoms with E-state index in [1.54, 1.807) is 11.3 Å². The van der Waals surface area contributed by atoms with Crippen molar-refractivity contribution in [3.63, 3.8) is 0 Å². The highest BCUT2D eigenvalue weighted by atomic mass is 79.9. The van der Waals surface area contributed by atoms with Crippen molar-refractivity contribution >= 4 is 38.8 Å². The molecular weight excluding hydrogens is 350 g/mol. The minimum Gasteiger partial charge on any atom is -0.378 e. The average molecular weight is 368 g/mol. The molecule has 3 heterocycles. The molecule has 0 spiro atoms. The average Bonchev–Trinajstić information content (AvgIpc) is 2.96. The summed E-state index contributed by atoms with van der Waals surface area (Å²) in [4.78, 5) is 8.12. The van der Waals surface area contributed by atoms with Crippen LogP contribution in [0, 0.1) is 0 Å². The monoisotopic (exact) mass is 367 g/mol. The van der Waals surface area contributed by atoms with E-state index in [4.69, 9.17) is 4.74 Å². The lowest BCUT2D eigenvalue weighted by molar-refractivity contribution is 0.122. The summed E-state index contributed by atoms with van der Waals surface area (Å²) in [6.07, 6.45) is 1.91. The summed E-state index contributed by atoms with van der Waals surface area (Å²) >= 11 is 5.25. The number of anilines is 2. The number of rotatable bonds is 4. The smallest absolute Gasteiger partial charge is 0.128 e. The fourth-order valence-electron chi connectivity index (χ4n) is 2.33. The van der Waals surface area contributed by atoms with E-state index in [-0.39, 0.29) is 6.04 Å². The molecule has 1 fully saturated rings. The lowest BCUT2D eigenvalue weighted by Gasteiger charge is -2.27. The van der Waals surface area contributed by atoms with Crippen LogP contribution in [0.15, 0.2) is 34.2 Å². The molecule has 1 aliphatic rings. The molecule has 6 heteroatoms. The molecule has 2 aromatic heterocycles. The zero-order valence-corrected chi connectivity index (χ0v) is 14.3. The van der Waals surface area contributed by atoms with Gasteiger partial charge in [-0.3, -0.25) is 0 Å². The van der Waals surface area contributed by atoms with Gasteiger partial charge in [0, 0.05) is 18.0 Å². The van der Waals surface area contributed by atoms with Crippen molar-refractivity contribution < 1.29 is 4.74 Å². The second-order valence-corrected chi connectivity index (χ2v) is 7.51. The lowest BCUT2D eigenvalue weighted by Crippen LogP contribution is -2.36. The van der Waals surface area contributed by atoms with Gasteiger partial charge in [-0.25, -0.2) is 4.98 Å². The number of pyridine rings is 1. The molecule has 0 saturated carbocycles. The molecule has 1 unspecified atom stereocenters. The highest BCUT2D eigenvalue weighted by molar-refractivity contribution is 9.11. The topological polar surface area (TPSA) is 37.4 Å². The van der Waals surface area contributed by atoms with E-state index in [1.807, 2.05) is 6.20 Å². The van der Waals surface area contributed by atoms with Crippen LogP contribution in [0.1, 0.15) is 17.8 Å². The van der Waals surface area contributed by atoms with Crippen molar-refractivity contribution in [2.75, 3.05) is 36.5 Å². The van der Waals surface area contributed by atoms with Gasteiger partial charge in [0.05, 0.1) is 34.9 Å². The first-order valence-electron chi connectivity index (χ1n) is 7.03. The lowest BCUT2D eigenvalue weighted by atomic mass is 10.2. The second kappa shape index (κ2) is 6.77. The summed E-state index contributed by atoms with van der Waals surface area (Å²) in [5.74, 6) is 1.02. The van der Waals surface area contributed by atoms with Crippen LogP contribution in [0.2, 0.25) is 0 Å². The van der Waals surface area contributed by atoms with Gasteiger partial charge in [-0.1, -0.05) is 0 Å². The van der Waals surface area contributed by atoms with Gasteiger partial charge in [-0.05, 0) is 47.1 Å². The van der Waals surface area contributed by atoms with Gasteiger partial charge in [0.15, 0.2) is 0 Å². The first kappa shape index (κ1) is 14.8. The Morgan fingerprint density at radius 3 is 2.71 bits per heavy atom. The molecule has 1 atom stereocenters. The van der Waals surface area contributed by atoms with Crippen LogP contribution in [-0.2, 0) is 4.74 Å². The Hall–Kier alpha value is -1.11. The van der Waals surface area contributed by atoms with Crippen LogP contribution >= 0.6 is 27.3 Å². The Balaban J connectivity index is 1.63. The fraction of sp³-hybridized carbons (Fsp3) is 0.400. The van der Waals surface area contributed by atoms with Crippen molar-refractivity contribution in [1.82, 2.24) is 4.98 Å². The number of aromatic nitrogens is 1. The number of hydrogen-bond donors (Lipinski definition) is 1. The van der Waals surface area contributed by atoms with Gasteiger partial charge in [-0.15, -0.1) is 11.3 Å². The number of nitrogens with zero attached hydrogens (tertiary/aromatic N) is 2. The van der Waals surface area contributed by atoms with Crippen molar-refractivity contribution in [1.29, 1.82) is 0 Å². The van der Waals surface area contributed by atoms with Gasteiger partial charge in [0.2, 0.25) is 0 Å². The van der Waals surface area contributed by atoms with Crippen LogP contribution in [0.4, 0.5) is 11.5 Å². The minimum atomic E-state index is 0.275. The fourth-order valence-corrected chi connectivity index (χ4v) is 3.76. The van der Waals surface area contributed by atoms with E-state index < -0.39 is 0 Å². The van der Waals surface area contributed by atoms with E-state index in [2.05, 4.69) is 62.3 Å². The van der Waals surface area contributed by atoms with Gasteiger partial charge in [0.1, 0.15) is 5.82 Å². The summed E-state index contributed by atoms with van der Waals surface area (Å²) in [6, 6.07) is 8.67. The zero-order chi connectivity index (χ0) is 14.7. The molecule has 1 aliphatic heterocycles.